The molecule has 3 N–H and O–H groups in total. The van der Waals surface area contributed by atoms with Gasteiger partial charge in [-0.25, -0.2) is 18.0 Å². The molecule has 1 unspecified atom stereocenters. The molecule has 40 heavy (non-hydrogen) atoms. The zero-order valence-corrected chi connectivity index (χ0v) is 24.2. The van der Waals surface area contributed by atoms with E-state index < -0.39 is 54.9 Å². The Kier molecular flexibility index (Phi) is 9.23. The van der Waals surface area contributed by atoms with Crippen LogP contribution < -0.4 is 0 Å². The number of hydrogen-bond donors (Lipinski definition) is 3. The third-order valence-electron chi connectivity index (χ3n) is 11.6. The van der Waals surface area contributed by atoms with Crippen LogP contribution in [-0.2, 0) is 19.1 Å². The van der Waals surface area contributed by atoms with Crippen molar-refractivity contribution < 1.29 is 47.6 Å². The molecule has 230 valence electrons. The van der Waals surface area contributed by atoms with Crippen LogP contribution in [0.4, 0.5) is 13.2 Å². The van der Waals surface area contributed by atoms with Gasteiger partial charge in [-0.05, 0) is 97.7 Å². The molecule has 0 bridgehead atoms. The average molecular weight is 577 g/mol. The smallest absolute Gasteiger partial charge is 0.344 e. The van der Waals surface area contributed by atoms with E-state index in [1.807, 2.05) is 0 Å². The van der Waals surface area contributed by atoms with Gasteiger partial charge in [-0.15, -0.1) is 0 Å². The van der Waals surface area contributed by atoms with E-state index in [1.165, 1.54) is 0 Å². The van der Waals surface area contributed by atoms with Crippen molar-refractivity contribution in [3.63, 3.8) is 0 Å². The van der Waals surface area contributed by atoms with E-state index in [4.69, 9.17) is 4.74 Å². The lowest BCUT2D eigenvalue weighted by Crippen LogP contribution is -2.62. The van der Waals surface area contributed by atoms with Crippen LogP contribution >= 0.6 is 0 Å². The number of hydrogen-bond acceptors (Lipinski definition) is 7. The molecule has 12 atom stereocenters. The Morgan fingerprint density at radius 1 is 1.00 bits per heavy atom. The summed E-state index contributed by atoms with van der Waals surface area (Å²) >= 11 is 0. The molecule has 0 aliphatic heterocycles. The first-order valence-electron chi connectivity index (χ1n) is 15.0. The predicted molar refractivity (Wildman–Crippen MR) is 140 cm³/mol. The minimum atomic E-state index is -3.63. The van der Waals surface area contributed by atoms with E-state index in [2.05, 4.69) is 25.5 Å². The van der Waals surface area contributed by atoms with E-state index in [1.54, 1.807) is 0 Å². The monoisotopic (exact) mass is 576 g/mol. The Hall–Kier alpha value is -1.39. The van der Waals surface area contributed by atoms with Crippen LogP contribution in [0, 0.1) is 46.3 Å². The first kappa shape index (κ1) is 31.5. The highest BCUT2D eigenvalue weighted by molar-refractivity contribution is 5.76. The zero-order valence-electron chi connectivity index (χ0n) is 24.2. The number of esters is 2. The summed E-state index contributed by atoms with van der Waals surface area (Å²) in [4.78, 5) is 23.9. The predicted octanol–water partition coefficient (Wildman–Crippen LogP) is 4.44. The molecular formula is C30H47F3O7. The van der Waals surface area contributed by atoms with Gasteiger partial charge in [0.1, 0.15) is 6.61 Å². The van der Waals surface area contributed by atoms with Crippen LogP contribution in [-0.4, -0.2) is 70.9 Å². The van der Waals surface area contributed by atoms with Crippen molar-refractivity contribution >= 4 is 11.9 Å². The van der Waals surface area contributed by atoms with Crippen molar-refractivity contribution in [2.45, 2.75) is 116 Å². The number of alkyl halides is 3. The van der Waals surface area contributed by atoms with Crippen molar-refractivity contribution in [2.24, 2.45) is 46.3 Å². The quantitative estimate of drug-likeness (QED) is 0.348. The molecular weight excluding hydrogens is 529 g/mol. The van der Waals surface area contributed by atoms with Gasteiger partial charge in [-0.3, -0.25) is 4.79 Å². The summed E-state index contributed by atoms with van der Waals surface area (Å²) in [5.41, 5.74) is -0.389. The molecule has 0 spiro atoms. The van der Waals surface area contributed by atoms with Gasteiger partial charge in [0.15, 0.2) is 12.8 Å². The minimum absolute atomic E-state index is 0.00255. The van der Waals surface area contributed by atoms with Crippen molar-refractivity contribution in [2.75, 3.05) is 13.2 Å². The molecule has 0 aromatic carbocycles. The number of carbonyl (C=O) groups is 2. The van der Waals surface area contributed by atoms with Crippen LogP contribution in [0.15, 0.2) is 0 Å². The van der Waals surface area contributed by atoms with E-state index in [-0.39, 0.29) is 53.4 Å². The standard InChI is InChI=1S/C30H47F3O7/c1-16(5-8-25(37)40-15-26(38)39-14-23(31)30(4,32)33)19-6-7-20-27-21(13-24(36)29(19,20)3)28(2)10-9-18(34)11-17(28)12-22(27)35/h16-24,27,34-36H,5-15H2,1-4H3/t16-,17+,18-,19-,20+,21+,22-,23?,24+,27+,28+,29-/m1/s1. The van der Waals surface area contributed by atoms with Gasteiger partial charge < -0.3 is 24.8 Å². The molecule has 0 radical (unpaired) electrons. The zero-order chi connectivity index (χ0) is 29.6. The maximum atomic E-state index is 13.2. The molecule has 0 saturated heterocycles. The number of ether oxygens (including phenoxy) is 2. The summed E-state index contributed by atoms with van der Waals surface area (Å²) in [6.45, 7) is 5.01. The van der Waals surface area contributed by atoms with Crippen LogP contribution in [0.5, 0.6) is 0 Å². The average Bonchev–Trinajstić information content (AvgIpc) is 3.24. The Labute approximate surface area is 235 Å². The molecule has 7 nitrogen and oxygen atoms in total. The molecule has 4 saturated carbocycles. The van der Waals surface area contributed by atoms with Gasteiger partial charge in [0, 0.05) is 13.3 Å². The maximum absolute atomic E-state index is 13.2. The first-order chi connectivity index (χ1) is 18.6. The van der Waals surface area contributed by atoms with Gasteiger partial charge in [0.25, 0.3) is 5.92 Å². The molecule has 4 rings (SSSR count). The van der Waals surface area contributed by atoms with Crippen molar-refractivity contribution in [1.29, 1.82) is 0 Å². The second-order valence-corrected chi connectivity index (χ2v) is 13.8. The number of aliphatic hydroxyl groups excluding tert-OH is 3. The van der Waals surface area contributed by atoms with E-state index in [0.717, 1.165) is 25.7 Å². The lowest BCUT2D eigenvalue weighted by molar-refractivity contribution is -0.207. The number of fused-ring (bicyclic) bond motifs is 5. The summed E-state index contributed by atoms with van der Waals surface area (Å²) in [7, 11) is 0. The largest absolute Gasteiger partial charge is 0.460 e. The normalized spacial score (nSPS) is 42.6. The molecule has 4 aliphatic rings. The number of carbonyl (C=O) groups excluding carboxylic acids is 2. The van der Waals surface area contributed by atoms with Gasteiger partial charge >= 0.3 is 11.9 Å². The van der Waals surface area contributed by atoms with E-state index >= 15 is 0 Å². The highest BCUT2D eigenvalue weighted by atomic mass is 19.3. The highest BCUT2D eigenvalue weighted by Crippen LogP contribution is 2.68. The highest BCUT2D eigenvalue weighted by Gasteiger charge is 2.65. The Morgan fingerprint density at radius 3 is 2.38 bits per heavy atom. The molecule has 4 fully saturated rings. The fourth-order valence-electron chi connectivity index (χ4n) is 9.24. The van der Waals surface area contributed by atoms with Gasteiger partial charge in [-0.1, -0.05) is 20.8 Å². The Morgan fingerprint density at radius 2 is 1.70 bits per heavy atom. The van der Waals surface area contributed by atoms with Gasteiger partial charge in [0.05, 0.1) is 18.3 Å². The molecule has 0 heterocycles. The molecule has 4 aliphatic carbocycles. The SMILES string of the molecule is C[C@H](CCC(=O)OCC(=O)OCC(F)C(C)(F)F)[C@H]1CC[C@H]2[C@@H]3[C@H](O)C[C@@H]4C[C@H](O)CC[C@]4(C)[C@H]3C[C@H](O)[C@]12C. The van der Waals surface area contributed by atoms with Gasteiger partial charge in [0.2, 0.25) is 0 Å². The maximum Gasteiger partial charge on any atom is 0.344 e. The third-order valence-corrected chi connectivity index (χ3v) is 11.6. The van der Waals surface area contributed by atoms with Crippen molar-refractivity contribution in [1.82, 2.24) is 0 Å². The van der Waals surface area contributed by atoms with E-state index in [9.17, 15) is 38.1 Å². The second-order valence-electron chi connectivity index (χ2n) is 13.8. The van der Waals surface area contributed by atoms with Crippen LogP contribution in [0.1, 0.15) is 85.5 Å². The summed E-state index contributed by atoms with van der Waals surface area (Å²) in [5, 5.41) is 33.3. The minimum Gasteiger partial charge on any atom is -0.460 e. The van der Waals surface area contributed by atoms with Crippen molar-refractivity contribution in [3.05, 3.63) is 0 Å². The summed E-state index contributed by atoms with van der Waals surface area (Å²) in [6.07, 6.45) is 2.12. The van der Waals surface area contributed by atoms with Gasteiger partial charge in [-0.2, -0.15) is 0 Å². The van der Waals surface area contributed by atoms with E-state index in [0.29, 0.717) is 32.6 Å². The second kappa shape index (κ2) is 11.7. The lowest BCUT2D eigenvalue weighted by Gasteiger charge is -2.63. The Bertz CT molecular complexity index is 927. The summed E-state index contributed by atoms with van der Waals surface area (Å²) < 4.78 is 48.3. The molecule has 0 aromatic rings. The first-order valence-corrected chi connectivity index (χ1v) is 15.0. The molecule has 0 aromatic heterocycles. The molecule has 10 heteroatoms. The number of rotatable bonds is 9. The van der Waals surface area contributed by atoms with Crippen LogP contribution in [0.25, 0.3) is 0 Å². The Balaban J connectivity index is 1.32. The topological polar surface area (TPSA) is 113 Å². The van der Waals surface area contributed by atoms with Crippen LogP contribution in [0.3, 0.4) is 0 Å². The number of aliphatic hydroxyl groups is 3. The number of halogens is 3. The lowest BCUT2D eigenvalue weighted by atomic mass is 9.43. The molecule has 0 amide bonds. The summed E-state index contributed by atoms with van der Waals surface area (Å²) in [5.74, 6) is -4.39. The van der Waals surface area contributed by atoms with Crippen LogP contribution in [0.2, 0.25) is 0 Å². The fraction of sp³-hybridized carbons (Fsp3) is 0.933. The summed E-state index contributed by atoms with van der Waals surface area (Å²) in [6, 6.07) is 0. The van der Waals surface area contributed by atoms with Crippen molar-refractivity contribution in [3.8, 4) is 0 Å². The third kappa shape index (κ3) is 5.91. The fourth-order valence-corrected chi connectivity index (χ4v) is 9.24.